The van der Waals surface area contributed by atoms with Crippen LogP contribution in [-0.4, -0.2) is 111 Å². The third-order valence-corrected chi connectivity index (χ3v) is 4.71. The number of hydrogen-bond donors (Lipinski definition) is 0. The second-order valence-corrected chi connectivity index (χ2v) is 6.84. The Kier molecular flexibility index (Phi) is 15.8. The standard InChI is InChI=1S/2C10H12O5.2Ca/c2*1-2-6(11)9-7(12)3-5(10(14)15)4-8(9)13;;/h2*5,11H,2-4H2,1H3,(H,14,15);;/q;;2*+2/p-4. The Labute approximate surface area is 244 Å². The molecule has 0 aromatic heterocycles. The maximum atomic E-state index is 11.4. The predicted molar refractivity (Wildman–Crippen MR) is 102 cm³/mol. The average molecular weight is 501 g/mol. The van der Waals surface area contributed by atoms with E-state index >= 15 is 0 Å². The number of aliphatic carboxylic acids is 2. The first kappa shape index (κ1) is 33.4. The van der Waals surface area contributed by atoms with Crippen LogP contribution >= 0.6 is 0 Å². The molecule has 0 heterocycles. The summed E-state index contributed by atoms with van der Waals surface area (Å²) in [6.07, 6.45) is -1.10. The molecule has 0 aliphatic heterocycles. The summed E-state index contributed by atoms with van der Waals surface area (Å²) in [6.45, 7) is 3.08. The van der Waals surface area contributed by atoms with Gasteiger partial charge in [-0.05, 0) is 12.8 Å². The summed E-state index contributed by atoms with van der Waals surface area (Å²) in [5.74, 6) is -8.72. The number of carbonyl (C=O) groups is 6. The Hall–Kier alpha value is -0.781. The zero-order valence-corrected chi connectivity index (χ0v) is 22.3. The van der Waals surface area contributed by atoms with Crippen LogP contribution in [0.1, 0.15) is 52.4 Å². The van der Waals surface area contributed by atoms with Gasteiger partial charge in [0.1, 0.15) is 0 Å². The van der Waals surface area contributed by atoms with Crippen LogP contribution in [0.2, 0.25) is 0 Å². The molecule has 12 heteroatoms. The molecule has 0 unspecified atom stereocenters. The van der Waals surface area contributed by atoms with Gasteiger partial charge in [0.2, 0.25) is 0 Å². The van der Waals surface area contributed by atoms with Gasteiger partial charge >= 0.3 is 75.5 Å². The van der Waals surface area contributed by atoms with Crippen molar-refractivity contribution in [1.82, 2.24) is 0 Å². The molecule has 0 N–H and O–H groups in total. The van der Waals surface area contributed by atoms with E-state index in [9.17, 15) is 49.2 Å². The summed E-state index contributed by atoms with van der Waals surface area (Å²) in [6, 6.07) is 0. The van der Waals surface area contributed by atoms with Crippen LogP contribution in [-0.2, 0) is 28.8 Å². The Morgan fingerprint density at radius 3 is 1.00 bits per heavy atom. The van der Waals surface area contributed by atoms with Gasteiger partial charge in [0, 0.05) is 60.6 Å². The first-order valence-corrected chi connectivity index (χ1v) is 9.29. The first-order valence-electron chi connectivity index (χ1n) is 9.29. The van der Waals surface area contributed by atoms with Gasteiger partial charge < -0.3 is 30.0 Å². The van der Waals surface area contributed by atoms with Crippen LogP contribution in [0.4, 0.5) is 0 Å². The number of allylic oxidation sites excluding steroid dienone is 4. The van der Waals surface area contributed by atoms with Gasteiger partial charge in [-0.15, -0.1) is 11.5 Å². The van der Waals surface area contributed by atoms with Crippen molar-refractivity contribution in [3.05, 3.63) is 22.7 Å². The van der Waals surface area contributed by atoms with Crippen LogP contribution in [0.5, 0.6) is 0 Å². The SMILES string of the molecule is CCC([O-])=C1C(=O)CC(C(=O)[O-])CC1=O.CCC([O-])=C1C(=O)CC(C(=O)[O-])CC1=O.[Ca+2].[Ca+2]. The van der Waals surface area contributed by atoms with Crippen LogP contribution < -0.4 is 20.4 Å². The molecule has 2 aliphatic carbocycles. The normalized spacial score (nSPS) is 20.3. The smallest absolute Gasteiger partial charge is 0.875 e. The molecule has 0 bridgehead atoms. The third-order valence-electron chi connectivity index (χ3n) is 4.71. The molecule has 0 radical (unpaired) electrons. The summed E-state index contributed by atoms with van der Waals surface area (Å²) < 4.78 is 0. The summed E-state index contributed by atoms with van der Waals surface area (Å²) in [7, 11) is 0. The average Bonchev–Trinajstić information content (AvgIpc) is 2.66. The van der Waals surface area contributed by atoms with Crippen molar-refractivity contribution >= 4 is 111 Å². The minimum absolute atomic E-state index is 0. The molecule has 2 fully saturated rings. The number of rotatable bonds is 4. The summed E-state index contributed by atoms with van der Waals surface area (Å²) in [5, 5.41) is 43.4. The molecule has 0 amide bonds. The molecule has 2 aliphatic rings. The van der Waals surface area contributed by atoms with Gasteiger partial charge in [-0.1, -0.05) is 13.8 Å². The van der Waals surface area contributed by atoms with E-state index in [1.165, 1.54) is 0 Å². The Morgan fingerprint density at radius 2 is 0.844 bits per heavy atom. The monoisotopic (exact) mass is 500 g/mol. The first-order chi connectivity index (χ1) is 13.9. The van der Waals surface area contributed by atoms with E-state index in [0.717, 1.165) is 0 Å². The van der Waals surface area contributed by atoms with Crippen molar-refractivity contribution in [2.24, 2.45) is 11.8 Å². The summed E-state index contributed by atoms with van der Waals surface area (Å²) >= 11 is 0. The summed E-state index contributed by atoms with van der Waals surface area (Å²) in [4.78, 5) is 66.4. The van der Waals surface area contributed by atoms with Crippen LogP contribution in [0.25, 0.3) is 0 Å². The zero-order valence-electron chi connectivity index (χ0n) is 17.9. The van der Waals surface area contributed by atoms with Crippen molar-refractivity contribution in [1.29, 1.82) is 0 Å². The minimum atomic E-state index is -1.42. The molecule has 0 spiro atoms. The molecule has 32 heavy (non-hydrogen) atoms. The Balaban J connectivity index is 0. The Morgan fingerprint density at radius 1 is 0.625 bits per heavy atom. The van der Waals surface area contributed by atoms with Gasteiger partial charge in [0.15, 0.2) is 23.1 Å². The number of Topliss-reactive ketones (excluding diaryl/α,β-unsaturated/α-hetero) is 4. The molecule has 0 aromatic rings. The molecule has 2 saturated carbocycles. The third kappa shape index (κ3) is 8.87. The molecule has 0 saturated heterocycles. The molecule has 2 rings (SSSR count). The van der Waals surface area contributed by atoms with Crippen molar-refractivity contribution < 1.29 is 49.2 Å². The fourth-order valence-corrected chi connectivity index (χ4v) is 3.07. The van der Waals surface area contributed by atoms with Crippen molar-refractivity contribution in [2.75, 3.05) is 0 Å². The van der Waals surface area contributed by atoms with E-state index in [1.807, 2.05) is 0 Å². The largest absolute Gasteiger partial charge is 2.00 e. The Bertz CT molecular complexity index is 746. The van der Waals surface area contributed by atoms with Gasteiger partial charge in [0.25, 0.3) is 0 Å². The maximum absolute atomic E-state index is 11.4. The number of ketones is 4. The van der Waals surface area contributed by atoms with Crippen LogP contribution in [0.15, 0.2) is 22.7 Å². The van der Waals surface area contributed by atoms with Gasteiger partial charge in [-0.3, -0.25) is 19.2 Å². The van der Waals surface area contributed by atoms with Crippen molar-refractivity contribution in [3.8, 4) is 0 Å². The van der Waals surface area contributed by atoms with Gasteiger partial charge in [-0.25, -0.2) is 0 Å². The number of carboxylic acid groups (broad SMARTS) is 2. The second kappa shape index (κ2) is 15.2. The van der Waals surface area contributed by atoms with E-state index in [4.69, 9.17) is 0 Å². The van der Waals surface area contributed by atoms with Crippen molar-refractivity contribution in [3.63, 3.8) is 0 Å². The van der Waals surface area contributed by atoms with Gasteiger partial charge in [0.05, 0.1) is 0 Å². The summed E-state index contributed by atoms with van der Waals surface area (Å²) in [5.41, 5.74) is -0.704. The van der Waals surface area contributed by atoms with Crippen LogP contribution in [0.3, 0.4) is 0 Å². The van der Waals surface area contributed by atoms with E-state index in [2.05, 4.69) is 0 Å². The molecule has 0 aromatic carbocycles. The fourth-order valence-electron chi connectivity index (χ4n) is 3.07. The molecule has 0 atom stereocenters. The minimum Gasteiger partial charge on any atom is -0.875 e. The fraction of sp³-hybridized carbons (Fsp3) is 0.500. The number of carbonyl (C=O) groups excluding carboxylic acids is 6. The molecule has 10 nitrogen and oxygen atoms in total. The quantitative estimate of drug-likeness (QED) is 0.158. The van der Waals surface area contributed by atoms with Crippen LogP contribution in [0, 0.1) is 11.8 Å². The topological polar surface area (TPSA) is 195 Å². The maximum Gasteiger partial charge on any atom is 2.00 e. The van der Waals surface area contributed by atoms with E-state index in [-0.39, 0.29) is 125 Å². The molecular weight excluding hydrogens is 480 g/mol. The van der Waals surface area contributed by atoms with Crippen molar-refractivity contribution in [2.45, 2.75) is 52.4 Å². The van der Waals surface area contributed by atoms with E-state index in [0.29, 0.717) is 0 Å². The molecule has 164 valence electrons. The second-order valence-electron chi connectivity index (χ2n) is 6.84. The molecular formula is C20H20Ca2O10. The van der Waals surface area contributed by atoms with E-state index in [1.54, 1.807) is 13.8 Å². The number of carboxylic acids is 2. The zero-order chi connectivity index (χ0) is 23.2. The van der Waals surface area contributed by atoms with E-state index < -0.39 is 58.4 Å². The predicted octanol–water partition coefficient (Wildman–Crippen LogP) is -4.14. The van der Waals surface area contributed by atoms with Gasteiger partial charge in [-0.2, -0.15) is 0 Å². The number of hydrogen-bond acceptors (Lipinski definition) is 10.